The number of hydrogen-bond donors (Lipinski definition) is 0. The van der Waals surface area contributed by atoms with Gasteiger partial charge < -0.3 is 4.74 Å². The maximum atomic E-state index is 11.8. The number of hydrogen-bond acceptors (Lipinski definition) is 3. The number of esters is 2. The summed E-state index contributed by atoms with van der Waals surface area (Å²) in [6, 6.07) is 8.62. The molecule has 154 valence electrons. The third kappa shape index (κ3) is 13.1. The largest absolute Gasteiger partial charge is 0.389 e. The first-order valence-electron chi connectivity index (χ1n) is 10.8. The summed E-state index contributed by atoms with van der Waals surface area (Å²) in [5, 5.41) is 0. The van der Waals surface area contributed by atoms with Crippen LogP contribution in [-0.4, -0.2) is 11.9 Å². The van der Waals surface area contributed by atoms with Crippen LogP contribution in [0.1, 0.15) is 94.3 Å². The highest BCUT2D eigenvalue weighted by Crippen LogP contribution is 2.09. The Hall–Kier alpha value is -2.16. The number of carbonyl (C=O) groups excluding carboxylic acids is 2. The second kappa shape index (κ2) is 17.0. The third-order valence-corrected chi connectivity index (χ3v) is 4.55. The normalized spacial score (nSPS) is 11.3. The minimum absolute atomic E-state index is 0.309. The van der Waals surface area contributed by atoms with Crippen molar-refractivity contribution in [1.29, 1.82) is 0 Å². The van der Waals surface area contributed by atoms with Gasteiger partial charge in [-0.25, -0.2) is 4.79 Å². The van der Waals surface area contributed by atoms with Crippen molar-refractivity contribution < 1.29 is 14.3 Å². The standard InChI is InChI=1S/C25H36O3/c1-2-3-4-5-6-7-8-9-10-11-12-13-14-15-19-22-24(26)28-25(27)23-20-17-16-18-21-23/h6-7,9-10,16-18,20-21H,2-5,8,11-15,19,22H2,1H3/b7-6-,10-9-. The molecule has 28 heavy (non-hydrogen) atoms. The van der Waals surface area contributed by atoms with Gasteiger partial charge in [-0.1, -0.05) is 81.5 Å². The molecule has 0 atom stereocenters. The lowest BCUT2D eigenvalue weighted by atomic mass is 10.1. The molecule has 0 aliphatic heterocycles. The van der Waals surface area contributed by atoms with Crippen LogP contribution in [0.25, 0.3) is 0 Å². The summed E-state index contributed by atoms with van der Waals surface area (Å²) in [7, 11) is 0. The molecule has 3 heteroatoms. The van der Waals surface area contributed by atoms with E-state index in [1.807, 2.05) is 6.07 Å². The van der Waals surface area contributed by atoms with Gasteiger partial charge in [-0.2, -0.15) is 0 Å². The van der Waals surface area contributed by atoms with Crippen molar-refractivity contribution in [2.45, 2.75) is 84.0 Å². The van der Waals surface area contributed by atoms with E-state index in [-0.39, 0.29) is 0 Å². The maximum Gasteiger partial charge on any atom is 0.345 e. The third-order valence-electron chi connectivity index (χ3n) is 4.55. The number of unbranched alkanes of at least 4 members (excludes halogenated alkanes) is 8. The first kappa shape index (κ1) is 23.9. The zero-order valence-electron chi connectivity index (χ0n) is 17.4. The number of ether oxygens (including phenoxy) is 1. The number of rotatable bonds is 15. The topological polar surface area (TPSA) is 43.4 Å². The molecule has 0 unspecified atom stereocenters. The van der Waals surface area contributed by atoms with E-state index in [1.165, 1.54) is 38.5 Å². The Morgan fingerprint density at radius 1 is 0.786 bits per heavy atom. The Kier molecular flexibility index (Phi) is 14.5. The SMILES string of the molecule is CCCCC/C=C\C/C=C\CCCCCCCC(=O)OC(=O)c1ccccc1. The van der Waals surface area contributed by atoms with E-state index in [0.717, 1.165) is 32.1 Å². The van der Waals surface area contributed by atoms with Crippen LogP contribution in [0.3, 0.4) is 0 Å². The summed E-state index contributed by atoms with van der Waals surface area (Å²) in [6.45, 7) is 2.23. The quantitative estimate of drug-likeness (QED) is 0.139. The van der Waals surface area contributed by atoms with Crippen molar-refractivity contribution in [3.8, 4) is 0 Å². The van der Waals surface area contributed by atoms with E-state index < -0.39 is 11.9 Å². The van der Waals surface area contributed by atoms with Gasteiger partial charge in [-0.15, -0.1) is 0 Å². The van der Waals surface area contributed by atoms with Crippen LogP contribution in [-0.2, 0) is 9.53 Å². The van der Waals surface area contributed by atoms with Gasteiger partial charge in [0.2, 0.25) is 0 Å². The van der Waals surface area contributed by atoms with E-state index in [9.17, 15) is 9.59 Å². The molecule has 0 aromatic heterocycles. The Bertz CT molecular complexity index is 587. The van der Waals surface area contributed by atoms with Crippen LogP contribution in [0.4, 0.5) is 0 Å². The molecule has 0 aliphatic carbocycles. The molecule has 0 saturated carbocycles. The van der Waals surface area contributed by atoms with Crippen molar-refractivity contribution in [2.24, 2.45) is 0 Å². The summed E-state index contributed by atoms with van der Waals surface area (Å²) in [5.41, 5.74) is 0.413. The monoisotopic (exact) mass is 384 g/mol. The van der Waals surface area contributed by atoms with Gasteiger partial charge in [0, 0.05) is 6.42 Å². The second-order valence-corrected chi connectivity index (χ2v) is 7.11. The molecular weight excluding hydrogens is 348 g/mol. The molecular formula is C25H36O3. The summed E-state index contributed by atoms with van der Waals surface area (Å²) in [5.74, 6) is -0.993. The lowest BCUT2D eigenvalue weighted by Gasteiger charge is -2.03. The Balaban J connectivity index is 1.92. The lowest BCUT2D eigenvalue weighted by molar-refractivity contribution is -0.138. The van der Waals surface area contributed by atoms with E-state index in [1.54, 1.807) is 24.3 Å². The van der Waals surface area contributed by atoms with Gasteiger partial charge >= 0.3 is 11.9 Å². The smallest absolute Gasteiger partial charge is 0.345 e. The Morgan fingerprint density at radius 3 is 2.07 bits per heavy atom. The van der Waals surface area contributed by atoms with Crippen LogP contribution >= 0.6 is 0 Å². The minimum atomic E-state index is -0.562. The average Bonchev–Trinajstić information content (AvgIpc) is 2.71. The first-order valence-corrected chi connectivity index (χ1v) is 10.8. The van der Waals surface area contributed by atoms with Crippen molar-refractivity contribution in [3.63, 3.8) is 0 Å². The van der Waals surface area contributed by atoms with Crippen LogP contribution < -0.4 is 0 Å². The predicted octanol–water partition coefficient (Wildman–Crippen LogP) is 7.18. The Labute approximate surface area is 170 Å². The van der Waals surface area contributed by atoms with Gasteiger partial charge in [0.1, 0.15) is 0 Å². The summed E-state index contributed by atoms with van der Waals surface area (Å²) < 4.78 is 4.86. The zero-order chi connectivity index (χ0) is 20.3. The van der Waals surface area contributed by atoms with Crippen molar-refractivity contribution >= 4 is 11.9 Å². The minimum Gasteiger partial charge on any atom is -0.389 e. The summed E-state index contributed by atoms with van der Waals surface area (Å²) in [6.07, 6.45) is 21.9. The van der Waals surface area contributed by atoms with Gasteiger partial charge in [0.05, 0.1) is 5.56 Å². The van der Waals surface area contributed by atoms with Gasteiger partial charge in [0.25, 0.3) is 0 Å². The second-order valence-electron chi connectivity index (χ2n) is 7.11. The van der Waals surface area contributed by atoms with Crippen molar-refractivity contribution in [1.82, 2.24) is 0 Å². The number of allylic oxidation sites excluding steroid dienone is 4. The highest BCUT2D eigenvalue weighted by Gasteiger charge is 2.11. The first-order chi connectivity index (χ1) is 13.7. The van der Waals surface area contributed by atoms with E-state index in [0.29, 0.717) is 12.0 Å². The fourth-order valence-electron chi connectivity index (χ4n) is 2.87. The molecule has 0 radical (unpaired) electrons. The molecule has 0 N–H and O–H groups in total. The summed E-state index contributed by atoms with van der Waals surface area (Å²) in [4.78, 5) is 23.5. The molecule has 0 bridgehead atoms. The molecule has 0 spiro atoms. The fourth-order valence-corrected chi connectivity index (χ4v) is 2.87. The van der Waals surface area contributed by atoms with Crippen LogP contribution in [0.2, 0.25) is 0 Å². The van der Waals surface area contributed by atoms with Crippen LogP contribution in [0.5, 0.6) is 0 Å². The van der Waals surface area contributed by atoms with Gasteiger partial charge in [0.15, 0.2) is 0 Å². The lowest BCUT2D eigenvalue weighted by Crippen LogP contribution is -2.12. The number of carbonyl (C=O) groups is 2. The molecule has 0 saturated heterocycles. The van der Waals surface area contributed by atoms with E-state index in [4.69, 9.17) is 4.74 Å². The molecule has 1 aromatic rings. The van der Waals surface area contributed by atoms with E-state index >= 15 is 0 Å². The fraction of sp³-hybridized carbons (Fsp3) is 0.520. The maximum absolute atomic E-state index is 11.8. The van der Waals surface area contributed by atoms with Crippen LogP contribution in [0.15, 0.2) is 54.6 Å². The molecule has 3 nitrogen and oxygen atoms in total. The molecule has 0 amide bonds. The molecule has 1 rings (SSSR count). The van der Waals surface area contributed by atoms with Crippen molar-refractivity contribution in [2.75, 3.05) is 0 Å². The molecule has 0 fully saturated rings. The van der Waals surface area contributed by atoms with Crippen LogP contribution in [0, 0.1) is 0 Å². The summed E-state index contributed by atoms with van der Waals surface area (Å²) >= 11 is 0. The van der Waals surface area contributed by atoms with E-state index in [2.05, 4.69) is 31.2 Å². The van der Waals surface area contributed by atoms with Gasteiger partial charge in [-0.3, -0.25) is 4.79 Å². The van der Waals surface area contributed by atoms with Gasteiger partial charge in [-0.05, 0) is 50.7 Å². The van der Waals surface area contributed by atoms with Crippen molar-refractivity contribution in [3.05, 3.63) is 60.2 Å². The molecule has 0 aliphatic rings. The Morgan fingerprint density at radius 2 is 1.39 bits per heavy atom. The predicted molar refractivity (Wildman–Crippen MR) is 116 cm³/mol. The average molecular weight is 385 g/mol. The highest BCUT2D eigenvalue weighted by molar-refractivity contribution is 5.96. The number of benzene rings is 1. The molecule has 1 aromatic carbocycles. The highest BCUT2D eigenvalue weighted by atomic mass is 16.6. The molecule has 0 heterocycles. The zero-order valence-corrected chi connectivity index (χ0v) is 17.4.